The SMILES string of the molecule is CCC[CH2][Sn]([CH2]CCC)([CH2]CCC)[C@@H](NS(=O)C(C)(C)C)c1ccc(Cl)cc1. The third-order valence-corrected chi connectivity index (χ3v) is 24.5. The van der Waals surface area contributed by atoms with E-state index in [1.807, 2.05) is 12.1 Å². The first-order chi connectivity index (χ1) is 13.2. The van der Waals surface area contributed by atoms with Gasteiger partial charge in [0.1, 0.15) is 0 Å². The molecule has 1 aromatic carbocycles. The molecule has 0 aliphatic rings. The molecule has 0 amide bonds. The van der Waals surface area contributed by atoms with E-state index in [0.29, 0.717) is 0 Å². The van der Waals surface area contributed by atoms with E-state index < -0.39 is 29.4 Å². The fraction of sp³-hybridized carbons (Fsp3) is 0.739. The van der Waals surface area contributed by atoms with Gasteiger partial charge in [-0.25, -0.2) is 0 Å². The van der Waals surface area contributed by atoms with Crippen molar-refractivity contribution < 1.29 is 4.21 Å². The van der Waals surface area contributed by atoms with Gasteiger partial charge in [0.2, 0.25) is 0 Å². The molecule has 0 heterocycles. The molecule has 1 unspecified atom stereocenters. The quantitative estimate of drug-likeness (QED) is 0.257. The van der Waals surface area contributed by atoms with E-state index in [1.165, 1.54) is 57.4 Å². The molecule has 0 radical (unpaired) electrons. The normalized spacial score (nSPS) is 14.8. The number of halogens is 1. The van der Waals surface area contributed by atoms with Gasteiger partial charge in [0, 0.05) is 0 Å². The van der Waals surface area contributed by atoms with Gasteiger partial charge in [0.05, 0.1) is 0 Å². The van der Waals surface area contributed by atoms with Gasteiger partial charge in [-0.2, -0.15) is 0 Å². The van der Waals surface area contributed by atoms with Crippen molar-refractivity contribution in [1.29, 1.82) is 0 Å². The minimum absolute atomic E-state index is 0.261. The van der Waals surface area contributed by atoms with Crippen LogP contribution in [0.3, 0.4) is 0 Å². The molecule has 0 saturated heterocycles. The van der Waals surface area contributed by atoms with E-state index >= 15 is 0 Å². The fourth-order valence-electron chi connectivity index (χ4n) is 3.88. The Hall–Kier alpha value is 0.419. The van der Waals surface area contributed by atoms with Crippen LogP contribution in [0.1, 0.15) is 89.7 Å². The number of benzene rings is 1. The molecule has 1 aromatic rings. The van der Waals surface area contributed by atoms with Crippen LogP contribution in [-0.2, 0) is 11.0 Å². The van der Waals surface area contributed by atoms with Gasteiger partial charge in [0.15, 0.2) is 0 Å². The van der Waals surface area contributed by atoms with E-state index in [4.69, 9.17) is 11.6 Å². The van der Waals surface area contributed by atoms with Crippen molar-refractivity contribution in [1.82, 2.24) is 4.72 Å². The van der Waals surface area contributed by atoms with Crippen molar-refractivity contribution in [2.24, 2.45) is 0 Å². The summed E-state index contributed by atoms with van der Waals surface area (Å²) in [5.74, 6) is 0. The van der Waals surface area contributed by atoms with E-state index in [9.17, 15) is 4.21 Å². The van der Waals surface area contributed by atoms with Gasteiger partial charge in [-0.1, -0.05) is 0 Å². The minimum atomic E-state index is -2.69. The second-order valence-corrected chi connectivity index (χ2v) is 25.3. The fourth-order valence-corrected chi connectivity index (χ4v) is 24.3. The van der Waals surface area contributed by atoms with Crippen molar-refractivity contribution >= 4 is 41.0 Å². The van der Waals surface area contributed by atoms with Gasteiger partial charge in [-0.3, -0.25) is 0 Å². The molecule has 0 spiro atoms. The van der Waals surface area contributed by atoms with Crippen molar-refractivity contribution in [2.75, 3.05) is 0 Å². The molecule has 0 aromatic heterocycles. The topological polar surface area (TPSA) is 29.1 Å². The van der Waals surface area contributed by atoms with E-state index in [1.54, 1.807) is 0 Å². The van der Waals surface area contributed by atoms with Crippen LogP contribution in [-0.4, -0.2) is 27.3 Å². The molecular formula is C23H42ClNOSSn. The third kappa shape index (κ3) is 8.27. The molecule has 1 N–H and O–H groups in total. The van der Waals surface area contributed by atoms with Crippen LogP contribution in [0.25, 0.3) is 0 Å². The Morgan fingerprint density at radius 2 is 1.36 bits per heavy atom. The van der Waals surface area contributed by atoms with Gasteiger partial charge in [-0.05, 0) is 0 Å². The average Bonchev–Trinajstić information content (AvgIpc) is 2.66. The summed E-state index contributed by atoms with van der Waals surface area (Å²) in [6, 6.07) is 8.36. The van der Waals surface area contributed by atoms with Crippen molar-refractivity contribution in [3.05, 3.63) is 34.9 Å². The van der Waals surface area contributed by atoms with Crippen molar-refractivity contribution in [2.45, 2.75) is 102 Å². The number of hydrogen-bond acceptors (Lipinski definition) is 1. The Kier molecular flexibility index (Phi) is 12.2. The molecule has 162 valence electrons. The monoisotopic (exact) mass is 535 g/mol. The maximum atomic E-state index is 13.2. The number of hydrogen-bond donors (Lipinski definition) is 1. The Labute approximate surface area is 186 Å². The molecule has 5 heteroatoms. The Morgan fingerprint density at radius 1 is 0.929 bits per heavy atom. The summed E-state index contributed by atoms with van der Waals surface area (Å²) in [4.78, 5) is 0. The predicted octanol–water partition coefficient (Wildman–Crippen LogP) is 7.82. The predicted molar refractivity (Wildman–Crippen MR) is 130 cm³/mol. The summed E-state index contributed by atoms with van der Waals surface area (Å²) < 4.78 is 21.0. The molecule has 2 atom stereocenters. The van der Waals surface area contributed by atoms with Crippen LogP contribution in [0, 0.1) is 0 Å². The van der Waals surface area contributed by atoms with Crippen LogP contribution in [0.4, 0.5) is 0 Å². The van der Waals surface area contributed by atoms with Crippen LogP contribution in [0.2, 0.25) is 18.3 Å². The summed E-state index contributed by atoms with van der Waals surface area (Å²) in [5, 5.41) is 0.774. The van der Waals surface area contributed by atoms with Gasteiger partial charge < -0.3 is 0 Å². The number of unbranched alkanes of at least 4 members (excludes halogenated alkanes) is 3. The summed E-state index contributed by atoms with van der Waals surface area (Å²) in [7, 11) is -1.07. The molecule has 2 nitrogen and oxygen atoms in total. The number of rotatable bonds is 13. The van der Waals surface area contributed by atoms with Gasteiger partial charge in [-0.15, -0.1) is 0 Å². The van der Waals surface area contributed by atoms with Gasteiger partial charge in [0.25, 0.3) is 0 Å². The molecule has 28 heavy (non-hydrogen) atoms. The maximum absolute atomic E-state index is 13.2. The molecule has 1 rings (SSSR count). The summed E-state index contributed by atoms with van der Waals surface area (Å²) in [6.45, 7) is 13.1. The molecule has 0 aliphatic heterocycles. The van der Waals surface area contributed by atoms with Crippen molar-refractivity contribution in [3.63, 3.8) is 0 Å². The van der Waals surface area contributed by atoms with E-state index in [0.717, 1.165) is 5.02 Å². The van der Waals surface area contributed by atoms with Crippen LogP contribution in [0.15, 0.2) is 24.3 Å². The van der Waals surface area contributed by atoms with Crippen molar-refractivity contribution in [3.8, 4) is 0 Å². The summed E-state index contributed by atoms with van der Waals surface area (Å²) >= 11 is 3.51. The van der Waals surface area contributed by atoms with Crippen LogP contribution < -0.4 is 4.72 Å². The first kappa shape index (κ1) is 26.5. The first-order valence-corrected chi connectivity index (χ1v) is 20.4. The van der Waals surface area contributed by atoms with E-state index in [-0.39, 0.29) is 8.80 Å². The van der Waals surface area contributed by atoms with E-state index in [2.05, 4.69) is 58.4 Å². The molecule has 0 saturated carbocycles. The average molecular weight is 535 g/mol. The molecule has 0 bridgehead atoms. The summed E-state index contributed by atoms with van der Waals surface area (Å²) in [5.41, 5.74) is 1.31. The second-order valence-electron chi connectivity index (χ2n) is 9.16. The molecular weight excluding hydrogens is 492 g/mol. The zero-order chi connectivity index (χ0) is 21.2. The van der Waals surface area contributed by atoms with Gasteiger partial charge >= 0.3 is 187 Å². The summed E-state index contributed by atoms with van der Waals surface area (Å²) in [6.07, 6.45) is 7.64. The van der Waals surface area contributed by atoms with Crippen LogP contribution >= 0.6 is 11.6 Å². The Morgan fingerprint density at radius 3 is 1.71 bits per heavy atom. The first-order valence-electron chi connectivity index (χ1n) is 11.1. The van der Waals surface area contributed by atoms with Crippen LogP contribution in [0.5, 0.6) is 0 Å². The Bertz CT molecular complexity index is 563. The standard InChI is InChI=1S/C11H15ClNOS.3C4H9.Sn/c1-11(2,3)15(14)13-8-9-4-6-10(12)7-5-9;3*1-3-4-2;/h4-8,13H,1-3H3;3*1,3-4H2,2H3;. The Balaban J connectivity index is 3.43. The zero-order valence-electron chi connectivity index (χ0n) is 18.9. The zero-order valence-corrected chi connectivity index (χ0v) is 23.4. The molecule has 0 aliphatic carbocycles. The number of nitrogens with one attached hydrogen (secondary N) is 1. The third-order valence-electron chi connectivity index (χ3n) is 5.68. The second kappa shape index (κ2) is 13.0. The molecule has 0 fully saturated rings.